The van der Waals surface area contributed by atoms with Crippen LogP contribution < -0.4 is 0 Å². The third kappa shape index (κ3) is 2.28. The second-order valence-corrected chi connectivity index (χ2v) is 6.72. The zero-order valence-electron chi connectivity index (χ0n) is 11.8. The number of fused-ring (bicyclic) bond motifs is 1. The van der Waals surface area contributed by atoms with Gasteiger partial charge in [0.1, 0.15) is 0 Å². The second-order valence-electron chi connectivity index (χ2n) is 5.63. The summed E-state index contributed by atoms with van der Waals surface area (Å²) < 4.78 is 0. The van der Waals surface area contributed by atoms with E-state index < -0.39 is 0 Å². The molecule has 0 amide bonds. The van der Waals surface area contributed by atoms with Crippen LogP contribution in [0.3, 0.4) is 0 Å². The quantitative estimate of drug-likeness (QED) is 0.645. The molecule has 104 valence electrons. The number of ketones is 1. The first-order chi connectivity index (χ1) is 10.2. The Bertz CT molecular complexity index is 845. The number of aryl methyl sites for hydroxylation is 1. The van der Waals surface area contributed by atoms with Crippen LogP contribution in [0.25, 0.3) is 21.3 Å². The van der Waals surface area contributed by atoms with Crippen molar-refractivity contribution >= 4 is 28.0 Å². The monoisotopic (exact) mass is 293 g/mol. The number of pyridine rings is 1. The maximum atomic E-state index is 12.2. The van der Waals surface area contributed by atoms with Gasteiger partial charge in [-0.2, -0.15) is 0 Å². The maximum Gasteiger partial charge on any atom is 0.175 e. The molecule has 0 bridgehead atoms. The summed E-state index contributed by atoms with van der Waals surface area (Å²) in [5, 5.41) is 1.14. The van der Waals surface area contributed by atoms with Crippen molar-refractivity contribution in [1.82, 2.24) is 4.98 Å². The molecule has 0 saturated heterocycles. The van der Waals surface area contributed by atoms with Crippen LogP contribution in [0.5, 0.6) is 0 Å². The van der Waals surface area contributed by atoms with Gasteiger partial charge in [0, 0.05) is 27.4 Å². The fraction of sp³-hybridized carbons (Fsp3) is 0.222. The first-order valence-electron chi connectivity index (χ1n) is 7.23. The first kappa shape index (κ1) is 12.7. The molecule has 3 heteroatoms. The van der Waals surface area contributed by atoms with Crippen LogP contribution in [0.1, 0.15) is 28.2 Å². The van der Waals surface area contributed by atoms with Crippen molar-refractivity contribution in [3.05, 3.63) is 53.0 Å². The summed E-state index contributed by atoms with van der Waals surface area (Å²) in [5.41, 5.74) is 3.15. The summed E-state index contributed by atoms with van der Waals surface area (Å²) in [6.07, 6.45) is 2.11. The lowest BCUT2D eigenvalue weighted by Gasteiger charge is -2.04. The zero-order chi connectivity index (χ0) is 14.4. The Hall–Kier alpha value is -2.00. The van der Waals surface area contributed by atoms with Gasteiger partial charge in [-0.05, 0) is 38.0 Å². The van der Waals surface area contributed by atoms with Gasteiger partial charge >= 0.3 is 0 Å². The van der Waals surface area contributed by atoms with Crippen LogP contribution in [0, 0.1) is 12.8 Å². The number of para-hydroxylation sites is 1. The summed E-state index contributed by atoms with van der Waals surface area (Å²) in [7, 11) is 0. The second kappa shape index (κ2) is 4.78. The summed E-state index contributed by atoms with van der Waals surface area (Å²) in [6.45, 7) is 2.01. The van der Waals surface area contributed by atoms with Crippen molar-refractivity contribution in [3.63, 3.8) is 0 Å². The van der Waals surface area contributed by atoms with Gasteiger partial charge < -0.3 is 0 Å². The molecule has 2 heterocycles. The highest BCUT2D eigenvalue weighted by atomic mass is 32.1. The zero-order valence-corrected chi connectivity index (χ0v) is 12.6. The third-order valence-electron chi connectivity index (χ3n) is 3.92. The van der Waals surface area contributed by atoms with Gasteiger partial charge in [-0.1, -0.05) is 24.3 Å². The molecule has 0 atom stereocenters. The van der Waals surface area contributed by atoms with E-state index in [2.05, 4.69) is 35.3 Å². The first-order valence-corrected chi connectivity index (χ1v) is 8.05. The largest absolute Gasteiger partial charge is 0.293 e. The summed E-state index contributed by atoms with van der Waals surface area (Å²) >= 11 is 1.59. The normalized spacial score (nSPS) is 14.5. The van der Waals surface area contributed by atoms with Crippen molar-refractivity contribution in [1.29, 1.82) is 0 Å². The lowest BCUT2D eigenvalue weighted by atomic mass is 10.1. The van der Waals surface area contributed by atoms with Gasteiger partial charge in [-0.15, -0.1) is 11.3 Å². The van der Waals surface area contributed by atoms with E-state index in [1.54, 1.807) is 11.3 Å². The molecule has 21 heavy (non-hydrogen) atoms. The molecule has 0 unspecified atom stereocenters. The number of benzene rings is 1. The molecule has 0 radical (unpaired) electrons. The number of carbonyl (C=O) groups excluding carboxylic acids is 1. The number of hydrogen-bond donors (Lipinski definition) is 0. The molecule has 2 nitrogen and oxygen atoms in total. The van der Waals surface area contributed by atoms with Gasteiger partial charge in [0.05, 0.1) is 10.4 Å². The van der Waals surface area contributed by atoms with E-state index in [9.17, 15) is 4.79 Å². The van der Waals surface area contributed by atoms with E-state index in [-0.39, 0.29) is 5.92 Å². The average molecular weight is 293 g/mol. The van der Waals surface area contributed by atoms with E-state index in [1.165, 1.54) is 0 Å². The smallest absolute Gasteiger partial charge is 0.175 e. The fourth-order valence-electron chi connectivity index (χ4n) is 2.61. The molecule has 3 aromatic rings. The summed E-state index contributed by atoms with van der Waals surface area (Å²) in [6, 6.07) is 14.4. The molecule has 0 aliphatic heterocycles. The SMILES string of the molecule is Cc1ccc2cccc(-c3ccc(C(=O)C4CC4)s3)c2n1. The Labute approximate surface area is 127 Å². The highest BCUT2D eigenvalue weighted by Crippen LogP contribution is 2.38. The lowest BCUT2D eigenvalue weighted by Crippen LogP contribution is -1.96. The molecule has 1 saturated carbocycles. The van der Waals surface area contributed by atoms with E-state index in [0.29, 0.717) is 5.78 Å². The summed E-state index contributed by atoms with van der Waals surface area (Å²) in [4.78, 5) is 18.9. The number of aromatic nitrogens is 1. The van der Waals surface area contributed by atoms with Gasteiger partial charge in [0.25, 0.3) is 0 Å². The minimum Gasteiger partial charge on any atom is -0.293 e. The Balaban J connectivity index is 1.82. The van der Waals surface area contributed by atoms with Crippen molar-refractivity contribution in [2.45, 2.75) is 19.8 Å². The topological polar surface area (TPSA) is 30.0 Å². The Morgan fingerprint density at radius 2 is 2.00 bits per heavy atom. The maximum absolute atomic E-state index is 12.2. The third-order valence-corrected chi connectivity index (χ3v) is 5.06. The van der Waals surface area contributed by atoms with E-state index >= 15 is 0 Å². The van der Waals surface area contributed by atoms with Crippen LogP contribution in [0.15, 0.2) is 42.5 Å². The highest BCUT2D eigenvalue weighted by Gasteiger charge is 2.31. The van der Waals surface area contributed by atoms with Crippen molar-refractivity contribution < 1.29 is 4.79 Å². The van der Waals surface area contributed by atoms with Gasteiger partial charge in [-0.25, -0.2) is 0 Å². The number of hydrogen-bond acceptors (Lipinski definition) is 3. The molecule has 0 N–H and O–H groups in total. The van der Waals surface area contributed by atoms with Gasteiger partial charge in [0.2, 0.25) is 0 Å². The minimum atomic E-state index is 0.282. The van der Waals surface area contributed by atoms with Gasteiger partial charge in [0.15, 0.2) is 5.78 Å². The predicted molar refractivity (Wildman–Crippen MR) is 86.8 cm³/mol. The molecule has 1 aliphatic carbocycles. The number of rotatable bonds is 3. The number of thiophene rings is 1. The van der Waals surface area contributed by atoms with Crippen molar-refractivity contribution in [2.24, 2.45) is 5.92 Å². The number of Topliss-reactive ketones (excluding diaryl/α,β-unsaturated/α-hetero) is 1. The van der Waals surface area contributed by atoms with Crippen molar-refractivity contribution in [3.8, 4) is 10.4 Å². The van der Waals surface area contributed by atoms with Crippen LogP contribution in [0.4, 0.5) is 0 Å². The molecular weight excluding hydrogens is 278 g/mol. The van der Waals surface area contributed by atoms with E-state index in [1.807, 2.05) is 19.1 Å². The molecule has 4 rings (SSSR count). The Kier molecular flexibility index (Phi) is 2.89. The standard InChI is InChI=1S/C18H15NOS/c1-11-5-6-12-3-2-4-14(17(12)19-11)15-9-10-16(21-15)18(20)13-7-8-13/h2-6,9-10,13H,7-8H2,1H3. The van der Waals surface area contributed by atoms with Crippen LogP contribution in [-0.2, 0) is 0 Å². The average Bonchev–Trinajstić information content (AvgIpc) is 3.23. The Morgan fingerprint density at radius 3 is 2.81 bits per heavy atom. The number of carbonyl (C=O) groups is 1. The van der Waals surface area contributed by atoms with Crippen LogP contribution in [-0.4, -0.2) is 10.8 Å². The Morgan fingerprint density at radius 1 is 1.14 bits per heavy atom. The highest BCUT2D eigenvalue weighted by molar-refractivity contribution is 7.17. The number of nitrogens with zero attached hydrogens (tertiary/aromatic N) is 1. The van der Waals surface area contributed by atoms with Crippen molar-refractivity contribution in [2.75, 3.05) is 0 Å². The van der Waals surface area contributed by atoms with E-state index in [4.69, 9.17) is 0 Å². The van der Waals surface area contributed by atoms with E-state index in [0.717, 1.165) is 44.8 Å². The molecule has 1 aromatic carbocycles. The molecular formula is C18H15NOS. The predicted octanol–water partition coefficient (Wildman–Crippen LogP) is 4.86. The minimum absolute atomic E-state index is 0.282. The molecule has 1 fully saturated rings. The molecule has 1 aliphatic rings. The van der Waals surface area contributed by atoms with Crippen LogP contribution in [0.2, 0.25) is 0 Å². The lowest BCUT2D eigenvalue weighted by molar-refractivity contribution is 0.0971. The summed E-state index contributed by atoms with van der Waals surface area (Å²) in [5.74, 6) is 0.597. The van der Waals surface area contributed by atoms with Crippen LogP contribution >= 0.6 is 11.3 Å². The van der Waals surface area contributed by atoms with Gasteiger partial charge in [-0.3, -0.25) is 9.78 Å². The molecule has 0 spiro atoms. The molecule has 2 aromatic heterocycles. The fourth-order valence-corrected chi connectivity index (χ4v) is 3.66.